The Hall–Kier alpha value is -1.30. The molecule has 0 spiro atoms. The zero-order valence-corrected chi connectivity index (χ0v) is 11.0. The van der Waals surface area contributed by atoms with Gasteiger partial charge in [-0.15, -0.1) is 0 Å². The highest BCUT2D eigenvalue weighted by Gasteiger charge is 2.51. The first-order chi connectivity index (χ1) is 8.20. The van der Waals surface area contributed by atoms with Crippen LogP contribution in [0, 0.1) is 0 Å². The predicted octanol–water partition coefficient (Wildman–Crippen LogP) is 0.247. The van der Waals surface area contributed by atoms with Gasteiger partial charge in [0.1, 0.15) is 5.60 Å². The average molecular weight is 256 g/mol. The molecule has 1 saturated heterocycles. The molecule has 102 valence electrons. The molecule has 1 saturated carbocycles. The Morgan fingerprint density at radius 1 is 1.33 bits per heavy atom. The molecule has 0 aromatic rings. The van der Waals surface area contributed by atoms with Crippen LogP contribution in [0.5, 0.6) is 0 Å². The van der Waals surface area contributed by atoms with Crippen LogP contribution in [0.3, 0.4) is 0 Å². The van der Waals surface area contributed by atoms with Crippen molar-refractivity contribution >= 4 is 12.0 Å². The summed E-state index contributed by atoms with van der Waals surface area (Å²) in [6, 6.07) is 0.206. The van der Waals surface area contributed by atoms with Crippen LogP contribution in [0.15, 0.2) is 0 Å². The molecule has 1 heterocycles. The predicted molar refractivity (Wildman–Crippen MR) is 63.9 cm³/mol. The smallest absolute Gasteiger partial charge is 0.410 e. The van der Waals surface area contributed by atoms with Crippen molar-refractivity contribution in [2.75, 3.05) is 13.1 Å². The summed E-state index contributed by atoms with van der Waals surface area (Å²) < 4.78 is 5.15. The maximum absolute atomic E-state index is 11.7. The van der Waals surface area contributed by atoms with Gasteiger partial charge in [-0.2, -0.15) is 0 Å². The number of carbonyl (C=O) groups is 2. The number of likely N-dealkylation sites (tertiary alicyclic amines) is 1. The topological polar surface area (TPSA) is 78.9 Å². The number of nitrogens with zero attached hydrogens (tertiary/aromatic N) is 1. The summed E-state index contributed by atoms with van der Waals surface area (Å²) in [6.07, 6.45) is 1.45. The van der Waals surface area contributed by atoms with Crippen molar-refractivity contribution in [3.8, 4) is 0 Å². The maximum atomic E-state index is 11.7. The molecule has 18 heavy (non-hydrogen) atoms. The number of amides is 2. The number of aliphatic hydroxyl groups is 1. The first-order valence-electron chi connectivity index (χ1n) is 6.21. The van der Waals surface area contributed by atoms with Crippen LogP contribution in [0.1, 0.15) is 33.6 Å². The number of β-amino-alcohol motifs (C(OH)–C–C–N with tert-alkyl or cyclic N) is 1. The lowest BCUT2D eigenvalue weighted by Gasteiger charge is -2.44. The number of carbonyl (C=O) groups excluding carboxylic acids is 2. The van der Waals surface area contributed by atoms with Crippen molar-refractivity contribution in [3.63, 3.8) is 0 Å². The highest BCUT2D eigenvalue weighted by atomic mass is 16.6. The van der Waals surface area contributed by atoms with Gasteiger partial charge in [-0.3, -0.25) is 4.79 Å². The highest BCUT2D eigenvalue weighted by Crippen LogP contribution is 2.26. The zero-order chi connectivity index (χ0) is 13.6. The fourth-order valence-corrected chi connectivity index (χ4v) is 1.73. The second kappa shape index (κ2) is 4.12. The molecule has 2 fully saturated rings. The van der Waals surface area contributed by atoms with Crippen molar-refractivity contribution in [2.24, 2.45) is 0 Å². The van der Waals surface area contributed by atoms with Crippen LogP contribution < -0.4 is 5.32 Å². The monoisotopic (exact) mass is 256 g/mol. The highest BCUT2D eigenvalue weighted by molar-refractivity contribution is 5.89. The summed E-state index contributed by atoms with van der Waals surface area (Å²) in [4.78, 5) is 24.7. The Morgan fingerprint density at radius 2 is 1.89 bits per heavy atom. The SMILES string of the molecule is CC(C)(C)OC(=O)N1CC(O)(C(=O)NC2CC2)C1. The van der Waals surface area contributed by atoms with E-state index < -0.39 is 17.3 Å². The molecule has 0 bridgehead atoms. The third kappa shape index (κ3) is 2.93. The molecule has 6 nitrogen and oxygen atoms in total. The Bertz CT molecular complexity index is 365. The van der Waals surface area contributed by atoms with Gasteiger partial charge in [0.25, 0.3) is 5.91 Å². The molecule has 0 radical (unpaired) electrons. The Labute approximate surface area is 106 Å². The summed E-state index contributed by atoms with van der Waals surface area (Å²) >= 11 is 0. The van der Waals surface area contributed by atoms with E-state index in [-0.39, 0.29) is 25.0 Å². The number of hydrogen-bond donors (Lipinski definition) is 2. The quantitative estimate of drug-likeness (QED) is 0.742. The summed E-state index contributed by atoms with van der Waals surface area (Å²) in [7, 11) is 0. The fraction of sp³-hybridized carbons (Fsp3) is 0.833. The number of rotatable bonds is 2. The molecule has 6 heteroatoms. The molecule has 2 N–H and O–H groups in total. The van der Waals surface area contributed by atoms with E-state index in [1.165, 1.54) is 4.90 Å². The van der Waals surface area contributed by atoms with Crippen LogP contribution in [-0.2, 0) is 9.53 Å². The van der Waals surface area contributed by atoms with Gasteiger partial charge in [-0.1, -0.05) is 0 Å². The zero-order valence-electron chi connectivity index (χ0n) is 11.0. The van der Waals surface area contributed by atoms with E-state index in [4.69, 9.17) is 4.74 Å². The normalized spacial score (nSPS) is 22.1. The number of nitrogens with one attached hydrogen (secondary N) is 1. The molecular formula is C12H20N2O4. The second-order valence-corrected chi connectivity index (χ2v) is 6.12. The van der Waals surface area contributed by atoms with Crippen molar-refractivity contribution in [2.45, 2.75) is 50.9 Å². The lowest BCUT2D eigenvalue weighted by atomic mass is 9.93. The number of hydrogen-bond acceptors (Lipinski definition) is 4. The molecule has 0 aromatic carbocycles. The molecule has 2 amide bonds. The second-order valence-electron chi connectivity index (χ2n) is 6.12. The Balaban J connectivity index is 1.81. The molecule has 2 rings (SSSR count). The van der Waals surface area contributed by atoms with E-state index >= 15 is 0 Å². The van der Waals surface area contributed by atoms with Crippen LogP contribution in [-0.4, -0.2) is 52.3 Å². The molecule has 1 aliphatic heterocycles. The van der Waals surface area contributed by atoms with E-state index in [0.29, 0.717) is 0 Å². The van der Waals surface area contributed by atoms with Gasteiger partial charge in [-0.05, 0) is 33.6 Å². The van der Waals surface area contributed by atoms with Gasteiger partial charge in [0.15, 0.2) is 5.60 Å². The van der Waals surface area contributed by atoms with Crippen LogP contribution in [0.4, 0.5) is 4.79 Å². The molecule has 1 aliphatic carbocycles. The van der Waals surface area contributed by atoms with E-state index in [1.807, 2.05) is 0 Å². The molecule has 2 aliphatic rings. The first kappa shape index (κ1) is 13.1. The lowest BCUT2D eigenvalue weighted by Crippen LogP contribution is -2.70. The maximum Gasteiger partial charge on any atom is 0.410 e. The molecule has 0 unspecified atom stereocenters. The lowest BCUT2D eigenvalue weighted by molar-refractivity contribution is -0.157. The van der Waals surface area contributed by atoms with E-state index in [0.717, 1.165) is 12.8 Å². The van der Waals surface area contributed by atoms with Gasteiger partial charge in [0.2, 0.25) is 0 Å². The van der Waals surface area contributed by atoms with Gasteiger partial charge >= 0.3 is 6.09 Å². The summed E-state index contributed by atoms with van der Waals surface area (Å²) in [5, 5.41) is 12.7. The average Bonchev–Trinajstić information content (AvgIpc) is 2.93. The van der Waals surface area contributed by atoms with Gasteiger partial charge in [0, 0.05) is 6.04 Å². The molecular weight excluding hydrogens is 236 g/mol. The minimum atomic E-state index is -1.44. The van der Waals surface area contributed by atoms with E-state index in [2.05, 4.69) is 5.32 Å². The summed E-state index contributed by atoms with van der Waals surface area (Å²) in [5.41, 5.74) is -2.01. The van der Waals surface area contributed by atoms with Gasteiger partial charge in [-0.25, -0.2) is 4.79 Å². The minimum Gasteiger partial charge on any atom is -0.444 e. The van der Waals surface area contributed by atoms with Gasteiger partial charge < -0.3 is 20.1 Å². The molecule has 0 atom stereocenters. The summed E-state index contributed by atoms with van der Waals surface area (Å²) in [6.45, 7) is 5.32. The van der Waals surface area contributed by atoms with Crippen molar-refractivity contribution in [3.05, 3.63) is 0 Å². The van der Waals surface area contributed by atoms with Crippen molar-refractivity contribution in [1.29, 1.82) is 0 Å². The van der Waals surface area contributed by atoms with Crippen molar-refractivity contribution in [1.82, 2.24) is 10.2 Å². The van der Waals surface area contributed by atoms with Crippen molar-refractivity contribution < 1.29 is 19.4 Å². The minimum absolute atomic E-state index is 0.000463. The summed E-state index contributed by atoms with van der Waals surface area (Å²) in [5.74, 6) is -0.384. The van der Waals surface area contributed by atoms with Gasteiger partial charge in [0.05, 0.1) is 13.1 Å². The van der Waals surface area contributed by atoms with E-state index in [9.17, 15) is 14.7 Å². The van der Waals surface area contributed by atoms with E-state index in [1.54, 1.807) is 20.8 Å². The first-order valence-corrected chi connectivity index (χ1v) is 6.21. The van der Waals surface area contributed by atoms with Crippen LogP contribution in [0.2, 0.25) is 0 Å². The van der Waals surface area contributed by atoms with Crippen LogP contribution >= 0.6 is 0 Å². The standard InChI is InChI=1S/C12H20N2O4/c1-11(2,3)18-10(16)14-6-12(17,7-14)9(15)13-8-4-5-8/h8,17H,4-7H2,1-3H3,(H,13,15). The Morgan fingerprint density at radius 3 is 2.33 bits per heavy atom. The Kier molecular flexibility index (Phi) is 3.01. The number of ether oxygens (including phenoxy) is 1. The fourth-order valence-electron chi connectivity index (χ4n) is 1.73. The third-order valence-electron chi connectivity index (χ3n) is 2.89. The largest absolute Gasteiger partial charge is 0.444 e. The molecule has 0 aromatic heterocycles. The van der Waals surface area contributed by atoms with Crippen LogP contribution in [0.25, 0.3) is 0 Å². The third-order valence-corrected chi connectivity index (χ3v) is 2.89.